The molecule has 1 heterocycles. The van der Waals surface area contributed by atoms with Crippen molar-refractivity contribution in [1.29, 1.82) is 0 Å². The zero-order valence-corrected chi connectivity index (χ0v) is 11.7. The number of amides is 1. The van der Waals surface area contributed by atoms with Crippen molar-refractivity contribution in [1.82, 2.24) is 10.6 Å². The summed E-state index contributed by atoms with van der Waals surface area (Å²) in [6, 6.07) is 0.289. The zero-order valence-electron chi connectivity index (χ0n) is 11.7. The van der Waals surface area contributed by atoms with E-state index in [-0.39, 0.29) is 17.9 Å². The fourth-order valence-electron chi connectivity index (χ4n) is 1.60. The second-order valence-electron chi connectivity index (χ2n) is 4.61. The van der Waals surface area contributed by atoms with Crippen molar-refractivity contribution in [3.8, 4) is 0 Å². The molecular weight excluding hydrogens is 246 g/mol. The molecule has 0 fully saturated rings. The monoisotopic (exact) mass is 267 g/mol. The van der Waals surface area contributed by atoms with Crippen LogP contribution in [-0.2, 0) is 14.3 Å². The van der Waals surface area contributed by atoms with Crippen LogP contribution in [0.3, 0.4) is 0 Å². The summed E-state index contributed by atoms with van der Waals surface area (Å²) in [7, 11) is 1.35. The van der Waals surface area contributed by atoms with Crippen LogP contribution in [0.25, 0.3) is 0 Å². The molecule has 6 nitrogen and oxygen atoms in total. The molecule has 6 heteroatoms. The van der Waals surface area contributed by atoms with Crippen molar-refractivity contribution < 1.29 is 14.3 Å². The largest absolute Gasteiger partial charge is 0.469 e. The number of hydrogen-bond acceptors (Lipinski definition) is 5. The van der Waals surface area contributed by atoms with E-state index in [1.165, 1.54) is 7.11 Å². The molecule has 2 N–H and O–H groups in total. The molecule has 0 spiro atoms. The molecule has 0 saturated heterocycles. The van der Waals surface area contributed by atoms with Gasteiger partial charge in [0.15, 0.2) is 0 Å². The lowest BCUT2D eigenvalue weighted by Gasteiger charge is -2.06. The Hall–Kier alpha value is -1.85. The fourth-order valence-corrected chi connectivity index (χ4v) is 1.60. The second kappa shape index (κ2) is 7.56. The zero-order chi connectivity index (χ0) is 14.3. The maximum Gasteiger partial charge on any atom is 0.305 e. The first kappa shape index (κ1) is 15.2. The first-order valence-corrected chi connectivity index (χ1v) is 6.39. The number of aliphatic imine (C=N–C) groups is 1. The number of amidine groups is 1. The van der Waals surface area contributed by atoms with Crippen molar-refractivity contribution in [3.63, 3.8) is 0 Å². The molecule has 106 valence electrons. The highest BCUT2D eigenvalue weighted by atomic mass is 16.5. The van der Waals surface area contributed by atoms with Crippen molar-refractivity contribution in [2.24, 2.45) is 4.99 Å². The minimum Gasteiger partial charge on any atom is -0.469 e. The van der Waals surface area contributed by atoms with E-state index in [4.69, 9.17) is 0 Å². The molecule has 0 unspecified atom stereocenters. The number of carbonyl (C=O) groups is 2. The first-order chi connectivity index (χ1) is 9.02. The molecule has 0 radical (unpaired) electrons. The third kappa shape index (κ3) is 5.54. The van der Waals surface area contributed by atoms with Gasteiger partial charge in [0.25, 0.3) is 0 Å². The van der Waals surface area contributed by atoms with Gasteiger partial charge < -0.3 is 15.4 Å². The Morgan fingerprint density at radius 1 is 1.47 bits per heavy atom. The normalized spacial score (nSPS) is 13.9. The number of ether oxygens (including phenoxy) is 1. The predicted octanol–water partition coefficient (Wildman–Crippen LogP) is 0.392. The van der Waals surface area contributed by atoms with Crippen molar-refractivity contribution in [3.05, 3.63) is 11.6 Å². The number of methoxy groups -OCH3 is 1. The summed E-state index contributed by atoms with van der Waals surface area (Å²) < 4.78 is 4.52. The Morgan fingerprint density at radius 2 is 2.21 bits per heavy atom. The topological polar surface area (TPSA) is 79.8 Å². The average Bonchev–Trinajstić information content (AvgIpc) is 2.81. The van der Waals surface area contributed by atoms with Crippen LogP contribution in [0.4, 0.5) is 0 Å². The van der Waals surface area contributed by atoms with Gasteiger partial charge in [-0.2, -0.15) is 0 Å². The van der Waals surface area contributed by atoms with Crippen LogP contribution >= 0.6 is 0 Å². The van der Waals surface area contributed by atoms with Gasteiger partial charge in [0.2, 0.25) is 5.91 Å². The quantitative estimate of drug-likeness (QED) is 0.539. The highest BCUT2D eigenvalue weighted by Gasteiger charge is 2.15. The maximum absolute atomic E-state index is 11.8. The van der Waals surface area contributed by atoms with Crippen LogP contribution in [0.2, 0.25) is 0 Å². The summed E-state index contributed by atoms with van der Waals surface area (Å²) in [6.45, 7) is 4.89. The Kier molecular flexibility index (Phi) is 6.05. The van der Waals surface area contributed by atoms with Crippen LogP contribution in [0.1, 0.15) is 26.7 Å². The lowest BCUT2D eigenvalue weighted by molar-refractivity contribution is -0.140. The molecule has 1 amide bonds. The summed E-state index contributed by atoms with van der Waals surface area (Å²) >= 11 is 0. The lowest BCUT2D eigenvalue weighted by Crippen LogP contribution is -2.29. The van der Waals surface area contributed by atoms with Crippen LogP contribution in [0.5, 0.6) is 0 Å². The van der Waals surface area contributed by atoms with Crippen LogP contribution < -0.4 is 10.6 Å². The third-order valence-corrected chi connectivity index (χ3v) is 2.53. The lowest BCUT2D eigenvalue weighted by atomic mass is 10.2. The molecular formula is C13H21N3O3. The van der Waals surface area contributed by atoms with Crippen LogP contribution in [0, 0.1) is 0 Å². The van der Waals surface area contributed by atoms with E-state index < -0.39 is 0 Å². The number of esters is 1. The molecule has 0 saturated carbocycles. The molecule has 1 rings (SSSR count). The van der Waals surface area contributed by atoms with E-state index in [0.717, 1.165) is 5.84 Å². The summed E-state index contributed by atoms with van der Waals surface area (Å²) in [6.07, 6.45) is 2.64. The van der Waals surface area contributed by atoms with Crippen LogP contribution in [0.15, 0.2) is 16.6 Å². The fraction of sp³-hybridized carbons (Fsp3) is 0.615. The van der Waals surface area contributed by atoms with Crippen molar-refractivity contribution in [2.75, 3.05) is 20.2 Å². The SMILES string of the molecule is COC(=O)CCCNC(=O)C1=CC(NC(C)C)=NC1. The van der Waals surface area contributed by atoms with Gasteiger partial charge in [-0.05, 0) is 26.3 Å². The van der Waals surface area contributed by atoms with Gasteiger partial charge in [-0.3, -0.25) is 14.6 Å². The second-order valence-corrected chi connectivity index (χ2v) is 4.61. The van der Waals surface area contributed by atoms with Gasteiger partial charge in [-0.1, -0.05) is 0 Å². The Labute approximate surface area is 113 Å². The van der Waals surface area contributed by atoms with Gasteiger partial charge in [0.05, 0.1) is 13.7 Å². The summed E-state index contributed by atoms with van der Waals surface area (Å²) in [5, 5.41) is 5.91. The molecule has 0 aromatic rings. The highest BCUT2D eigenvalue weighted by Crippen LogP contribution is 2.05. The van der Waals surface area contributed by atoms with Crippen molar-refractivity contribution in [2.45, 2.75) is 32.7 Å². The standard InChI is InChI=1S/C13H21N3O3/c1-9(2)16-11-7-10(8-15-11)13(18)14-6-4-5-12(17)19-3/h7,9H,4-6,8H2,1-3H3,(H,14,18)(H,15,16). The molecule has 0 aromatic carbocycles. The number of hydrogen-bond donors (Lipinski definition) is 2. The van der Waals surface area contributed by atoms with E-state index in [0.29, 0.717) is 31.5 Å². The molecule has 0 bridgehead atoms. The summed E-state index contributed by atoms with van der Waals surface area (Å²) in [5.41, 5.74) is 0.640. The number of rotatable bonds is 6. The third-order valence-electron chi connectivity index (χ3n) is 2.53. The van der Waals surface area contributed by atoms with Crippen molar-refractivity contribution >= 4 is 17.7 Å². The van der Waals surface area contributed by atoms with E-state index in [2.05, 4.69) is 20.4 Å². The van der Waals surface area contributed by atoms with Gasteiger partial charge in [-0.25, -0.2) is 0 Å². The number of nitrogens with zero attached hydrogens (tertiary/aromatic N) is 1. The molecule has 19 heavy (non-hydrogen) atoms. The highest BCUT2D eigenvalue weighted by molar-refractivity contribution is 6.06. The Balaban J connectivity index is 2.26. The Morgan fingerprint density at radius 3 is 2.84 bits per heavy atom. The number of carbonyl (C=O) groups excluding carboxylic acids is 2. The summed E-state index contributed by atoms with van der Waals surface area (Å²) in [4.78, 5) is 26.9. The van der Waals surface area contributed by atoms with E-state index in [1.807, 2.05) is 13.8 Å². The van der Waals surface area contributed by atoms with Gasteiger partial charge in [-0.15, -0.1) is 0 Å². The van der Waals surface area contributed by atoms with Crippen LogP contribution in [-0.4, -0.2) is 44.0 Å². The molecule has 0 aromatic heterocycles. The molecule has 0 atom stereocenters. The molecule has 1 aliphatic heterocycles. The predicted molar refractivity (Wildman–Crippen MR) is 72.9 cm³/mol. The number of nitrogens with one attached hydrogen (secondary N) is 2. The van der Waals surface area contributed by atoms with Gasteiger partial charge in [0.1, 0.15) is 5.84 Å². The molecule has 0 aliphatic carbocycles. The minimum absolute atomic E-state index is 0.130. The van der Waals surface area contributed by atoms with E-state index in [9.17, 15) is 9.59 Å². The summed E-state index contributed by atoms with van der Waals surface area (Å²) in [5.74, 6) is 0.352. The van der Waals surface area contributed by atoms with Gasteiger partial charge in [0, 0.05) is 24.6 Å². The first-order valence-electron chi connectivity index (χ1n) is 6.39. The van der Waals surface area contributed by atoms with E-state index >= 15 is 0 Å². The molecule has 1 aliphatic rings. The Bertz CT molecular complexity index is 400. The average molecular weight is 267 g/mol. The van der Waals surface area contributed by atoms with E-state index in [1.54, 1.807) is 6.08 Å². The smallest absolute Gasteiger partial charge is 0.305 e. The minimum atomic E-state index is -0.263. The maximum atomic E-state index is 11.8. The van der Waals surface area contributed by atoms with Gasteiger partial charge >= 0.3 is 5.97 Å².